The van der Waals surface area contributed by atoms with Gasteiger partial charge in [-0.15, -0.1) is 0 Å². The predicted octanol–water partition coefficient (Wildman–Crippen LogP) is 1.92. The van der Waals surface area contributed by atoms with Gasteiger partial charge in [0.2, 0.25) is 5.91 Å². The molecule has 0 fully saturated rings. The summed E-state index contributed by atoms with van der Waals surface area (Å²) in [4.78, 5) is 25.2. The summed E-state index contributed by atoms with van der Waals surface area (Å²) in [6.45, 7) is 2.98. The molecule has 0 spiro atoms. The van der Waals surface area contributed by atoms with Crippen molar-refractivity contribution in [3.05, 3.63) is 54.0 Å². The summed E-state index contributed by atoms with van der Waals surface area (Å²) in [7, 11) is 1.67. The number of nitrogens with one attached hydrogen (secondary N) is 2. The third-order valence-electron chi connectivity index (χ3n) is 3.61. The molecule has 25 heavy (non-hydrogen) atoms. The zero-order valence-corrected chi connectivity index (χ0v) is 14.5. The van der Waals surface area contributed by atoms with Gasteiger partial charge >= 0.3 is 6.03 Å². The number of nitrogens with zero attached hydrogens (tertiary/aromatic N) is 1. The van der Waals surface area contributed by atoms with Gasteiger partial charge in [-0.05, 0) is 30.7 Å². The van der Waals surface area contributed by atoms with E-state index in [-0.39, 0.29) is 19.0 Å². The monoisotopic (exact) mass is 345 g/mol. The van der Waals surface area contributed by atoms with Crippen LogP contribution in [0.2, 0.25) is 0 Å². The standard InChI is InChI=1S/C18H23N3O4/c1-14-6-3-4-8-16(14)25-11-9-21(2)17(22)13-20-18(23)19-12-15-7-5-10-24-15/h3-8,10H,9,11-13H2,1-2H3,(H2,19,20,23). The van der Waals surface area contributed by atoms with Crippen molar-refractivity contribution in [1.29, 1.82) is 0 Å². The van der Waals surface area contributed by atoms with Gasteiger partial charge in [0.15, 0.2) is 0 Å². The van der Waals surface area contributed by atoms with E-state index < -0.39 is 6.03 Å². The molecule has 7 nitrogen and oxygen atoms in total. The highest BCUT2D eigenvalue weighted by Crippen LogP contribution is 2.15. The maximum atomic E-state index is 12.0. The molecule has 0 bridgehead atoms. The first kappa shape index (κ1) is 18.4. The molecule has 0 unspecified atom stereocenters. The second-order valence-corrected chi connectivity index (χ2v) is 5.54. The average Bonchev–Trinajstić information content (AvgIpc) is 3.13. The van der Waals surface area contributed by atoms with Crippen LogP contribution in [0.5, 0.6) is 5.75 Å². The molecule has 2 N–H and O–H groups in total. The van der Waals surface area contributed by atoms with Gasteiger partial charge in [0, 0.05) is 7.05 Å². The summed E-state index contributed by atoms with van der Waals surface area (Å²) in [5.41, 5.74) is 1.05. The number of ether oxygens (including phenoxy) is 1. The third kappa shape index (κ3) is 6.21. The van der Waals surface area contributed by atoms with Crippen molar-refractivity contribution in [3.63, 3.8) is 0 Å². The van der Waals surface area contributed by atoms with Crippen molar-refractivity contribution in [1.82, 2.24) is 15.5 Å². The van der Waals surface area contributed by atoms with Gasteiger partial charge in [-0.2, -0.15) is 0 Å². The summed E-state index contributed by atoms with van der Waals surface area (Å²) >= 11 is 0. The first-order chi connectivity index (χ1) is 12.1. The van der Waals surface area contributed by atoms with E-state index in [0.717, 1.165) is 11.3 Å². The second-order valence-electron chi connectivity index (χ2n) is 5.54. The van der Waals surface area contributed by atoms with Crippen LogP contribution in [-0.4, -0.2) is 43.6 Å². The molecular weight excluding hydrogens is 322 g/mol. The van der Waals surface area contributed by atoms with E-state index in [0.29, 0.717) is 18.9 Å². The van der Waals surface area contributed by atoms with Gasteiger partial charge in [-0.25, -0.2) is 4.79 Å². The lowest BCUT2D eigenvalue weighted by Crippen LogP contribution is -2.43. The van der Waals surface area contributed by atoms with Gasteiger partial charge < -0.3 is 24.7 Å². The van der Waals surface area contributed by atoms with Crippen molar-refractivity contribution in [2.24, 2.45) is 0 Å². The van der Waals surface area contributed by atoms with Crippen LogP contribution < -0.4 is 15.4 Å². The molecule has 0 aliphatic heterocycles. The molecule has 134 valence electrons. The highest BCUT2D eigenvalue weighted by molar-refractivity contribution is 5.83. The maximum Gasteiger partial charge on any atom is 0.315 e. The SMILES string of the molecule is Cc1ccccc1OCCN(C)C(=O)CNC(=O)NCc1ccco1. The summed E-state index contributed by atoms with van der Waals surface area (Å²) in [6.07, 6.45) is 1.53. The number of carbonyl (C=O) groups excluding carboxylic acids is 2. The van der Waals surface area contributed by atoms with E-state index >= 15 is 0 Å². The molecule has 1 aromatic heterocycles. The first-order valence-corrected chi connectivity index (χ1v) is 8.02. The smallest absolute Gasteiger partial charge is 0.315 e. The van der Waals surface area contributed by atoms with Crippen molar-refractivity contribution in [2.75, 3.05) is 26.7 Å². The van der Waals surface area contributed by atoms with E-state index in [1.807, 2.05) is 31.2 Å². The Morgan fingerprint density at radius 3 is 2.68 bits per heavy atom. The normalized spacial score (nSPS) is 10.2. The van der Waals surface area contributed by atoms with Crippen molar-refractivity contribution >= 4 is 11.9 Å². The fraction of sp³-hybridized carbons (Fsp3) is 0.333. The topological polar surface area (TPSA) is 83.8 Å². The van der Waals surface area contributed by atoms with E-state index in [2.05, 4.69) is 10.6 Å². The highest BCUT2D eigenvalue weighted by Gasteiger charge is 2.11. The van der Waals surface area contributed by atoms with E-state index in [9.17, 15) is 9.59 Å². The Kier molecular flexibility index (Phi) is 6.88. The van der Waals surface area contributed by atoms with Gasteiger partial charge in [0.05, 0.1) is 25.9 Å². The van der Waals surface area contributed by atoms with Crippen molar-refractivity contribution in [3.8, 4) is 5.75 Å². The second kappa shape index (κ2) is 9.36. The Morgan fingerprint density at radius 2 is 1.96 bits per heavy atom. The van der Waals surface area contributed by atoms with E-state index in [1.54, 1.807) is 19.2 Å². The molecule has 0 saturated carbocycles. The lowest BCUT2D eigenvalue weighted by Gasteiger charge is -2.18. The molecule has 0 atom stereocenters. The number of hydrogen-bond donors (Lipinski definition) is 2. The highest BCUT2D eigenvalue weighted by atomic mass is 16.5. The van der Waals surface area contributed by atoms with Gasteiger partial charge in [0.1, 0.15) is 18.1 Å². The number of aryl methyl sites for hydroxylation is 1. The van der Waals surface area contributed by atoms with Crippen molar-refractivity contribution in [2.45, 2.75) is 13.5 Å². The van der Waals surface area contributed by atoms with Crippen LogP contribution in [0.25, 0.3) is 0 Å². The summed E-state index contributed by atoms with van der Waals surface area (Å²) in [5.74, 6) is 1.26. The molecular formula is C18H23N3O4. The molecule has 1 aromatic carbocycles. The molecule has 1 heterocycles. The Morgan fingerprint density at radius 1 is 1.16 bits per heavy atom. The third-order valence-corrected chi connectivity index (χ3v) is 3.61. The predicted molar refractivity (Wildman–Crippen MR) is 93.3 cm³/mol. The summed E-state index contributed by atoms with van der Waals surface area (Å²) in [5, 5.41) is 5.13. The lowest BCUT2D eigenvalue weighted by molar-refractivity contribution is -0.129. The summed E-state index contributed by atoms with van der Waals surface area (Å²) < 4.78 is 10.8. The molecule has 2 aromatic rings. The number of furan rings is 1. The van der Waals surface area contributed by atoms with Gasteiger partial charge in [-0.3, -0.25) is 4.79 Å². The minimum atomic E-state index is -0.422. The van der Waals surface area contributed by atoms with E-state index in [1.165, 1.54) is 11.2 Å². The van der Waals surface area contributed by atoms with Crippen LogP contribution in [0.15, 0.2) is 47.1 Å². The maximum absolute atomic E-state index is 12.0. The quantitative estimate of drug-likeness (QED) is 0.766. The minimum absolute atomic E-state index is 0.0785. The Balaban J connectivity index is 1.62. The van der Waals surface area contributed by atoms with Gasteiger partial charge in [0.25, 0.3) is 0 Å². The molecule has 0 aliphatic carbocycles. The molecule has 2 rings (SSSR count). The zero-order chi connectivity index (χ0) is 18.1. The number of urea groups is 1. The lowest BCUT2D eigenvalue weighted by atomic mass is 10.2. The number of carbonyl (C=O) groups is 2. The van der Waals surface area contributed by atoms with E-state index in [4.69, 9.17) is 9.15 Å². The number of para-hydroxylation sites is 1. The Labute approximate surface area is 146 Å². The largest absolute Gasteiger partial charge is 0.491 e. The van der Waals surface area contributed by atoms with Crippen LogP contribution in [-0.2, 0) is 11.3 Å². The summed E-state index contributed by atoms with van der Waals surface area (Å²) in [6, 6.07) is 10.8. The fourth-order valence-corrected chi connectivity index (χ4v) is 2.07. The van der Waals surface area contributed by atoms with Crippen LogP contribution in [0.1, 0.15) is 11.3 Å². The molecule has 7 heteroatoms. The number of benzene rings is 1. The first-order valence-electron chi connectivity index (χ1n) is 8.02. The Bertz CT molecular complexity index is 685. The number of likely N-dealkylation sites (N-methyl/N-ethyl adjacent to an activating group) is 1. The van der Waals surface area contributed by atoms with Crippen molar-refractivity contribution < 1.29 is 18.7 Å². The number of rotatable bonds is 8. The zero-order valence-electron chi connectivity index (χ0n) is 14.5. The molecule has 0 radical (unpaired) electrons. The van der Waals surface area contributed by atoms with Crippen LogP contribution in [0.4, 0.5) is 4.79 Å². The fourth-order valence-electron chi connectivity index (χ4n) is 2.07. The molecule has 3 amide bonds. The van der Waals surface area contributed by atoms with Crippen LogP contribution in [0, 0.1) is 6.92 Å². The average molecular weight is 345 g/mol. The minimum Gasteiger partial charge on any atom is -0.491 e. The number of hydrogen-bond acceptors (Lipinski definition) is 4. The number of amides is 3. The molecule has 0 aliphatic rings. The van der Waals surface area contributed by atoms with Crippen LogP contribution >= 0.6 is 0 Å². The van der Waals surface area contributed by atoms with Crippen LogP contribution in [0.3, 0.4) is 0 Å². The molecule has 0 saturated heterocycles. The van der Waals surface area contributed by atoms with Gasteiger partial charge in [-0.1, -0.05) is 18.2 Å². The Hall–Kier alpha value is -2.96.